The minimum absolute atomic E-state index is 0.0669. The van der Waals surface area contributed by atoms with Gasteiger partial charge >= 0.3 is 0 Å². The highest BCUT2D eigenvalue weighted by molar-refractivity contribution is 7.14. The van der Waals surface area contributed by atoms with Gasteiger partial charge in [-0.3, -0.25) is 10.1 Å². The van der Waals surface area contributed by atoms with Gasteiger partial charge in [0.1, 0.15) is 5.75 Å². The number of amides is 1. The van der Waals surface area contributed by atoms with E-state index < -0.39 is 0 Å². The smallest absolute Gasteiger partial charge is 0.264 e. The lowest BCUT2D eigenvalue weighted by Gasteiger charge is -2.09. The number of hydrogen-bond donors (Lipinski definition) is 1. The summed E-state index contributed by atoms with van der Waals surface area (Å²) in [5.74, 6) is 0.841. The monoisotopic (exact) mass is 386 g/mol. The van der Waals surface area contributed by atoms with E-state index in [9.17, 15) is 4.79 Å². The van der Waals surface area contributed by atoms with Crippen LogP contribution in [0.15, 0.2) is 53.9 Å². The first kappa shape index (κ1) is 18.4. The van der Waals surface area contributed by atoms with Crippen molar-refractivity contribution in [2.75, 3.05) is 11.9 Å². The summed E-state index contributed by atoms with van der Waals surface area (Å²) in [6.45, 7) is 4.16. The lowest BCUT2D eigenvalue weighted by atomic mass is 10.0. The number of carbonyl (C=O) groups excluding carboxylic acids is 1. The summed E-state index contributed by atoms with van der Waals surface area (Å²) < 4.78 is 5.59. The SMILES string of the molecule is CC(C)c1cccc(OCC(=O)Nc2nc(-c3ccccc3Cl)cs2)c1. The number of nitrogens with zero attached hydrogens (tertiary/aromatic N) is 1. The number of nitrogens with one attached hydrogen (secondary N) is 1. The normalized spacial score (nSPS) is 10.8. The molecule has 0 saturated carbocycles. The molecule has 134 valence electrons. The molecule has 0 aliphatic rings. The Balaban J connectivity index is 1.59. The molecule has 3 rings (SSSR count). The first-order chi connectivity index (χ1) is 12.5. The van der Waals surface area contributed by atoms with Gasteiger partial charge in [-0.1, -0.05) is 55.8 Å². The van der Waals surface area contributed by atoms with E-state index in [0.717, 1.165) is 11.3 Å². The molecule has 0 aliphatic heterocycles. The van der Waals surface area contributed by atoms with Crippen molar-refractivity contribution in [2.45, 2.75) is 19.8 Å². The second kappa shape index (κ2) is 8.34. The van der Waals surface area contributed by atoms with Gasteiger partial charge in [0.15, 0.2) is 11.7 Å². The van der Waals surface area contributed by atoms with Crippen LogP contribution >= 0.6 is 22.9 Å². The molecule has 2 aromatic carbocycles. The molecule has 4 nitrogen and oxygen atoms in total. The van der Waals surface area contributed by atoms with Gasteiger partial charge in [0.05, 0.1) is 5.69 Å². The summed E-state index contributed by atoms with van der Waals surface area (Å²) >= 11 is 7.54. The third-order valence-electron chi connectivity index (χ3n) is 3.80. The fourth-order valence-electron chi connectivity index (χ4n) is 2.39. The minimum Gasteiger partial charge on any atom is -0.484 e. The van der Waals surface area contributed by atoms with Crippen molar-refractivity contribution in [3.63, 3.8) is 0 Å². The molecule has 0 spiro atoms. The quantitative estimate of drug-likeness (QED) is 0.599. The molecule has 0 saturated heterocycles. The third-order valence-corrected chi connectivity index (χ3v) is 4.88. The highest BCUT2D eigenvalue weighted by Gasteiger charge is 2.11. The zero-order valence-corrected chi connectivity index (χ0v) is 16.1. The average Bonchev–Trinajstić information content (AvgIpc) is 3.08. The van der Waals surface area contributed by atoms with Crippen molar-refractivity contribution in [2.24, 2.45) is 0 Å². The van der Waals surface area contributed by atoms with E-state index in [4.69, 9.17) is 16.3 Å². The number of rotatable bonds is 6. The maximum atomic E-state index is 12.1. The molecule has 3 aromatic rings. The van der Waals surface area contributed by atoms with Crippen molar-refractivity contribution in [1.82, 2.24) is 4.98 Å². The Bertz CT molecular complexity index is 908. The van der Waals surface area contributed by atoms with Gasteiger partial charge in [-0.25, -0.2) is 4.98 Å². The molecule has 0 atom stereocenters. The first-order valence-corrected chi connectivity index (χ1v) is 9.51. The van der Waals surface area contributed by atoms with E-state index in [0.29, 0.717) is 21.8 Å². The van der Waals surface area contributed by atoms with Crippen LogP contribution in [-0.4, -0.2) is 17.5 Å². The number of hydrogen-bond acceptors (Lipinski definition) is 4. The van der Waals surface area contributed by atoms with Crippen LogP contribution < -0.4 is 10.1 Å². The second-order valence-electron chi connectivity index (χ2n) is 6.08. The second-order valence-corrected chi connectivity index (χ2v) is 7.35. The van der Waals surface area contributed by atoms with E-state index in [-0.39, 0.29) is 12.5 Å². The van der Waals surface area contributed by atoms with E-state index >= 15 is 0 Å². The van der Waals surface area contributed by atoms with Crippen LogP contribution in [0.5, 0.6) is 5.75 Å². The molecule has 6 heteroatoms. The molecule has 0 radical (unpaired) electrons. The van der Waals surface area contributed by atoms with Gasteiger partial charge in [0.25, 0.3) is 5.91 Å². The Morgan fingerprint density at radius 2 is 2.04 bits per heavy atom. The number of thiazole rings is 1. The molecule has 26 heavy (non-hydrogen) atoms. The number of anilines is 1. The van der Waals surface area contributed by atoms with Crippen LogP contribution in [0.25, 0.3) is 11.3 Å². The predicted octanol–water partition coefficient (Wildman–Crippen LogP) is 5.60. The van der Waals surface area contributed by atoms with E-state index in [1.165, 1.54) is 16.9 Å². The molecule has 1 aromatic heterocycles. The fourth-order valence-corrected chi connectivity index (χ4v) is 3.35. The Morgan fingerprint density at radius 3 is 2.81 bits per heavy atom. The van der Waals surface area contributed by atoms with Crippen LogP contribution in [-0.2, 0) is 4.79 Å². The number of aromatic nitrogens is 1. The molecule has 1 N–H and O–H groups in total. The number of halogens is 1. The summed E-state index contributed by atoms with van der Waals surface area (Å²) in [5.41, 5.74) is 2.75. The van der Waals surface area contributed by atoms with Gasteiger partial charge in [-0.2, -0.15) is 0 Å². The summed E-state index contributed by atoms with van der Waals surface area (Å²) in [4.78, 5) is 16.5. The van der Waals surface area contributed by atoms with Crippen LogP contribution in [0.4, 0.5) is 5.13 Å². The number of carbonyl (C=O) groups is 1. The lowest BCUT2D eigenvalue weighted by Crippen LogP contribution is -2.20. The largest absolute Gasteiger partial charge is 0.484 e. The molecule has 1 amide bonds. The summed E-state index contributed by atoms with van der Waals surface area (Å²) in [7, 11) is 0. The van der Waals surface area contributed by atoms with Crippen molar-refractivity contribution in [1.29, 1.82) is 0 Å². The molecular formula is C20H19ClN2O2S. The van der Waals surface area contributed by atoms with Crippen molar-refractivity contribution in [3.8, 4) is 17.0 Å². The van der Waals surface area contributed by atoms with Crippen LogP contribution in [0, 0.1) is 0 Å². The zero-order valence-electron chi connectivity index (χ0n) is 14.5. The maximum absolute atomic E-state index is 12.1. The Labute approximate surface area is 161 Å². The topological polar surface area (TPSA) is 51.2 Å². The zero-order chi connectivity index (χ0) is 18.5. The lowest BCUT2D eigenvalue weighted by molar-refractivity contribution is -0.118. The van der Waals surface area contributed by atoms with E-state index in [2.05, 4.69) is 24.1 Å². The van der Waals surface area contributed by atoms with Crippen LogP contribution in [0.1, 0.15) is 25.3 Å². The van der Waals surface area contributed by atoms with Crippen molar-refractivity contribution < 1.29 is 9.53 Å². The van der Waals surface area contributed by atoms with E-state index in [1.54, 1.807) is 0 Å². The maximum Gasteiger partial charge on any atom is 0.264 e. The van der Waals surface area contributed by atoms with E-state index in [1.807, 2.05) is 53.9 Å². The van der Waals surface area contributed by atoms with Crippen LogP contribution in [0.3, 0.4) is 0 Å². The molecule has 0 aliphatic carbocycles. The molecule has 1 heterocycles. The highest BCUT2D eigenvalue weighted by Crippen LogP contribution is 2.30. The molecular weight excluding hydrogens is 368 g/mol. The predicted molar refractivity (Wildman–Crippen MR) is 107 cm³/mol. The van der Waals surface area contributed by atoms with Crippen LogP contribution in [0.2, 0.25) is 5.02 Å². The highest BCUT2D eigenvalue weighted by atomic mass is 35.5. The van der Waals surface area contributed by atoms with Crippen molar-refractivity contribution in [3.05, 3.63) is 64.5 Å². The summed E-state index contributed by atoms with van der Waals surface area (Å²) in [6, 6.07) is 15.3. The average molecular weight is 387 g/mol. The Morgan fingerprint density at radius 1 is 1.23 bits per heavy atom. The van der Waals surface area contributed by atoms with Gasteiger partial charge in [0.2, 0.25) is 0 Å². The molecule has 0 fully saturated rings. The summed E-state index contributed by atoms with van der Waals surface area (Å²) in [6.07, 6.45) is 0. The first-order valence-electron chi connectivity index (χ1n) is 8.26. The molecule has 0 unspecified atom stereocenters. The Kier molecular flexibility index (Phi) is 5.91. The Hall–Kier alpha value is -2.37. The molecule has 0 bridgehead atoms. The number of ether oxygens (including phenoxy) is 1. The van der Waals surface area contributed by atoms with Gasteiger partial charge in [-0.05, 0) is 29.7 Å². The summed E-state index contributed by atoms with van der Waals surface area (Å²) in [5, 5.41) is 5.77. The van der Waals surface area contributed by atoms with Gasteiger partial charge in [-0.15, -0.1) is 11.3 Å². The number of benzene rings is 2. The van der Waals surface area contributed by atoms with Gasteiger partial charge < -0.3 is 4.74 Å². The minimum atomic E-state index is -0.250. The van der Waals surface area contributed by atoms with Gasteiger partial charge in [0, 0.05) is 16.0 Å². The standard InChI is InChI=1S/C20H19ClN2O2S/c1-13(2)14-6-5-7-15(10-14)25-11-19(24)23-20-22-18(12-26-20)16-8-3-4-9-17(16)21/h3-10,12-13H,11H2,1-2H3,(H,22,23,24). The fraction of sp³-hybridized carbons (Fsp3) is 0.200. The van der Waals surface area contributed by atoms with Crippen molar-refractivity contribution >= 4 is 34.0 Å². The third kappa shape index (κ3) is 4.62.